The van der Waals surface area contributed by atoms with Crippen LogP contribution in [0.15, 0.2) is 60.7 Å². The highest BCUT2D eigenvalue weighted by molar-refractivity contribution is 7.90. The number of rotatable bonds is 9. The lowest BCUT2D eigenvalue weighted by molar-refractivity contribution is -0.114. The van der Waals surface area contributed by atoms with Crippen LogP contribution in [0.4, 0.5) is 0 Å². The highest BCUT2D eigenvalue weighted by Crippen LogP contribution is 2.51. The molecule has 1 saturated carbocycles. The van der Waals surface area contributed by atoms with E-state index in [1.165, 1.54) is 56.7 Å². The molecule has 2 aromatic rings. The minimum absolute atomic E-state index is 0.623. The average molecular weight is 481 g/mol. The Morgan fingerprint density at radius 2 is 1.74 bits per heavy atom. The van der Waals surface area contributed by atoms with E-state index in [1.807, 2.05) is 12.1 Å². The van der Waals surface area contributed by atoms with Gasteiger partial charge in [0.15, 0.2) is 0 Å². The van der Waals surface area contributed by atoms with Crippen LogP contribution in [0.5, 0.6) is 0 Å². The van der Waals surface area contributed by atoms with Crippen LogP contribution in [0, 0.1) is 11.8 Å². The molecule has 0 spiro atoms. The van der Waals surface area contributed by atoms with Gasteiger partial charge in [0.25, 0.3) is 5.91 Å². The summed E-state index contributed by atoms with van der Waals surface area (Å²) in [6.07, 6.45) is 8.21. The summed E-state index contributed by atoms with van der Waals surface area (Å²) in [7, 11) is -3.60. The van der Waals surface area contributed by atoms with Crippen LogP contribution in [-0.2, 0) is 21.4 Å². The van der Waals surface area contributed by atoms with Crippen molar-refractivity contribution < 1.29 is 13.2 Å². The molecule has 0 bridgehead atoms. The molecular weight excluding hydrogens is 444 g/mol. The highest BCUT2D eigenvalue weighted by Gasteiger charge is 2.39. The van der Waals surface area contributed by atoms with Gasteiger partial charge in [0, 0.05) is 12.6 Å². The molecule has 1 heterocycles. The number of piperidine rings is 1. The lowest BCUT2D eigenvalue weighted by Crippen LogP contribution is -2.34. The second kappa shape index (κ2) is 10.9. The minimum atomic E-state index is -3.60. The van der Waals surface area contributed by atoms with Crippen molar-refractivity contribution >= 4 is 22.0 Å². The van der Waals surface area contributed by atoms with E-state index in [-0.39, 0.29) is 0 Å². The number of sulfonamides is 1. The first-order valence-corrected chi connectivity index (χ1v) is 13.9. The number of nitrogens with zero attached hydrogens (tertiary/aromatic N) is 1. The maximum Gasteiger partial charge on any atom is 0.257 e. The molecule has 1 amide bonds. The Balaban J connectivity index is 1.19. The summed E-state index contributed by atoms with van der Waals surface area (Å²) in [5, 5.41) is -0.644. The van der Waals surface area contributed by atoms with Gasteiger partial charge in [-0.2, -0.15) is 0 Å². The third kappa shape index (κ3) is 6.80. The molecule has 2 aromatic carbocycles. The molecule has 0 unspecified atom stereocenters. The molecule has 6 heteroatoms. The number of nitrogens with one attached hydrogen (secondary N) is 1. The molecule has 1 saturated heterocycles. The standard InChI is InChI=1S/C28H36N2O3S/c1-21(2)34(32,33)29-28(31)13-12-22-8-10-24(11-9-22)20-30-16-14-23(15-17-30)18-26-19-27(26)25-6-4-3-5-7-25/h3-13,21,23,26-27H,14-20H2,1-2H3,(H,29,31)/b13-12+/t26-,27+/m1/s1. The Kier molecular flexibility index (Phi) is 7.89. The normalized spacial score (nSPS) is 21.7. The predicted molar refractivity (Wildman–Crippen MR) is 138 cm³/mol. The van der Waals surface area contributed by atoms with Gasteiger partial charge in [-0.25, -0.2) is 13.1 Å². The molecule has 2 atom stereocenters. The Morgan fingerprint density at radius 1 is 1.06 bits per heavy atom. The molecule has 2 aliphatic rings. The summed E-state index contributed by atoms with van der Waals surface area (Å²) in [5.74, 6) is 1.90. The van der Waals surface area contributed by atoms with Gasteiger partial charge in [0.1, 0.15) is 0 Å². The first-order chi connectivity index (χ1) is 16.3. The average Bonchev–Trinajstić information content (AvgIpc) is 3.59. The molecule has 182 valence electrons. The molecule has 1 aliphatic carbocycles. The van der Waals surface area contributed by atoms with Gasteiger partial charge in [0.2, 0.25) is 10.0 Å². The molecule has 1 aliphatic heterocycles. The van der Waals surface area contributed by atoms with Crippen LogP contribution in [0.2, 0.25) is 0 Å². The topological polar surface area (TPSA) is 66.5 Å². The van der Waals surface area contributed by atoms with Gasteiger partial charge in [-0.1, -0.05) is 54.6 Å². The second-order valence-electron chi connectivity index (χ2n) is 10.1. The van der Waals surface area contributed by atoms with Crippen molar-refractivity contribution in [3.05, 3.63) is 77.4 Å². The first kappa shape index (κ1) is 24.7. The fourth-order valence-corrected chi connectivity index (χ4v) is 5.47. The number of likely N-dealkylation sites (tertiary alicyclic amines) is 1. The molecular formula is C28H36N2O3S. The van der Waals surface area contributed by atoms with Crippen LogP contribution in [0.1, 0.15) is 62.1 Å². The molecule has 0 radical (unpaired) electrons. The largest absolute Gasteiger partial charge is 0.299 e. The Hall–Kier alpha value is -2.44. The van der Waals surface area contributed by atoms with Crippen LogP contribution in [0.25, 0.3) is 6.08 Å². The van der Waals surface area contributed by atoms with Crippen molar-refractivity contribution in [3.8, 4) is 0 Å². The van der Waals surface area contributed by atoms with E-state index in [9.17, 15) is 13.2 Å². The second-order valence-corrected chi connectivity index (χ2v) is 12.3. The summed E-state index contributed by atoms with van der Waals surface area (Å²) in [4.78, 5) is 14.4. The SMILES string of the molecule is CC(C)S(=O)(=O)NC(=O)/C=C/c1ccc(CN2CCC(C[C@@H]3C[C@H]3c3ccccc3)CC2)cc1. The molecule has 34 heavy (non-hydrogen) atoms. The summed E-state index contributed by atoms with van der Waals surface area (Å²) in [6, 6.07) is 19.1. The lowest BCUT2D eigenvalue weighted by Gasteiger charge is -2.32. The van der Waals surface area contributed by atoms with Crippen LogP contribution in [0.3, 0.4) is 0 Å². The fraction of sp³-hybridized carbons (Fsp3) is 0.464. The Bertz CT molecular complexity index is 1090. The van der Waals surface area contributed by atoms with Gasteiger partial charge in [0.05, 0.1) is 5.25 Å². The Labute approximate surface area is 204 Å². The summed E-state index contributed by atoms with van der Waals surface area (Å²) < 4.78 is 25.6. The van der Waals surface area contributed by atoms with E-state index in [0.717, 1.165) is 43.0 Å². The van der Waals surface area contributed by atoms with Gasteiger partial charge in [-0.05, 0) is 93.1 Å². The predicted octanol–water partition coefficient (Wildman–Crippen LogP) is 4.96. The first-order valence-electron chi connectivity index (χ1n) is 12.4. The van der Waals surface area contributed by atoms with Crippen molar-refractivity contribution in [2.24, 2.45) is 11.8 Å². The maximum absolute atomic E-state index is 11.9. The molecule has 5 nitrogen and oxygen atoms in total. The number of hydrogen-bond donors (Lipinski definition) is 1. The van der Waals surface area contributed by atoms with Crippen molar-refractivity contribution in [2.45, 2.75) is 57.2 Å². The molecule has 4 rings (SSSR count). The quantitative estimate of drug-likeness (QED) is 0.515. The number of carbonyl (C=O) groups excluding carboxylic acids is 1. The number of benzene rings is 2. The van der Waals surface area contributed by atoms with Crippen molar-refractivity contribution in [1.29, 1.82) is 0 Å². The van der Waals surface area contributed by atoms with Gasteiger partial charge in [-0.15, -0.1) is 0 Å². The molecule has 0 aromatic heterocycles. The van der Waals surface area contributed by atoms with Crippen molar-refractivity contribution in [1.82, 2.24) is 9.62 Å². The fourth-order valence-electron chi connectivity index (χ4n) is 4.88. The van der Waals surface area contributed by atoms with Crippen LogP contribution in [-0.4, -0.2) is 37.6 Å². The summed E-state index contributed by atoms with van der Waals surface area (Å²) in [6.45, 7) is 6.32. The molecule has 1 N–H and O–H groups in total. The van der Waals surface area contributed by atoms with E-state index in [0.29, 0.717) is 0 Å². The monoisotopic (exact) mass is 480 g/mol. The minimum Gasteiger partial charge on any atom is -0.299 e. The number of hydrogen-bond acceptors (Lipinski definition) is 4. The highest BCUT2D eigenvalue weighted by atomic mass is 32.2. The zero-order valence-electron chi connectivity index (χ0n) is 20.2. The van der Waals surface area contributed by atoms with E-state index >= 15 is 0 Å². The van der Waals surface area contributed by atoms with Gasteiger partial charge >= 0.3 is 0 Å². The molecule has 2 fully saturated rings. The van der Waals surface area contributed by atoms with E-state index in [4.69, 9.17) is 0 Å². The van der Waals surface area contributed by atoms with E-state index < -0.39 is 21.2 Å². The maximum atomic E-state index is 11.9. The Morgan fingerprint density at radius 3 is 2.38 bits per heavy atom. The third-order valence-corrected chi connectivity index (χ3v) is 8.90. The van der Waals surface area contributed by atoms with Crippen molar-refractivity contribution in [2.75, 3.05) is 13.1 Å². The zero-order valence-corrected chi connectivity index (χ0v) is 21.0. The summed E-state index contributed by atoms with van der Waals surface area (Å²) >= 11 is 0. The van der Waals surface area contributed by atoms with Gasteiger partial charge < -0.3 is 0 Å². The number of amides is 1. The number of carbonyl (C=O) groups is 1. The van der Waals surface area contributed by atoms with E-state index in [2.05, 4.69) is 52.1 Å². The lowest BCUT2D eigenvalue weighted by atomic mass is 9.90. The summed E-state index contributed by atoms with van der Waals surface area (Å²) in [5.41, 5.74) is 3.65. The van der Waals surface area contributed by atoms with E-state index in [1.54, 1.807) is 6.08 Å². The smallest absolute Gasteiger partial charge is 0.257 e. The zero-order chi connectivity index (χ0) is 24.1. The third-order valence-electron chi connectivity index (χ3n) is 7.17. The van der Waals surface area contributed by atoms with Gasteiger partial charge in [-0.3, -0.25) is 9.69 Å². The van der Waals surface area contributed by atoms with Crippen LogP contribution < -0.4 is 4.72 Å². The van der Waals surface area contributed by atoms with Crippen molar-refractivity contribution in [3.63, 3.8) is 0 Å². The van der Waals surface area contributed by atoms with Crippen LogP contribution >= 0.6 is 0 Å².